The van der Waals surface area contributed by atoms with E-state index in [0.29, 0.717) is 0 Å². The van der Waals surface area contributed by atoms with Gasteiger partial charge in [-0.1, -0.05) is 31.9 Å². The van der Waals surface area contributed by atoms with E-state index in [0.717, 1.165) is 33.3 Å². The number of benzene rings is 2. The van der Waals surface area contributed by atoms with Crippen LogP contribution < -0.4 is 9.47 Å². The fraction of sp³-hybridized carbons (Fsp3) is 0.250. The van der Waals surface area contributed by atoms with Gasteiger partial charge >= 0.3 is 0 Å². The van der Waals surface area contributed by atoms with Crippen molar-refractivity contribution in [2.45, 2.75) is 12.8 Å². The minimum Gasteiger partial charge on any atom is -0.497 e. The number of halogens is 2. The molecule has 2 aromatic carbocycles. The van der Waals surface area contributed by atoms with Gasteiger partial charge in [-0.15, -0.1) is 0 Å². The van der Waals surface area contributed by atoms with E-state index in [2.05, 4.69) is 44.0 Å². The minimum absolute atomic E-state index is 0.882. The summed E-state index contributed by atoms with van der Waals surface area (Å²) in [7, 11) is 3.37. The van der Waals surface area contributed by atoms with Crippen LogP contribution in [0, 0.1) is 0 Å². The van der Waals surface area contributed by atoms with E-state index in [1.54, 1.807) is 14.2 Å². The van der Waals surface area contributed by atoms with Crippen LogP contribution in [0.15, 0.2) is 45.3 Å². The summed E-state index contributed by atoms with van der Waals surface area (Å²) in [6, 6.07) is 12.1. The van der Waals surface area contributed by atoms with Crippen molar-refractivity contribution in [2.24, 2.45) is 0 Å². The van der Waals surface area contributed by atoms with E-state index in [9.17, 15) is 0 Å². The van der Waals surface area contributed by atoms with Crippen LogP contribution in [0.5, 0.6) is 11.5 Å². The van der Waals surface area contributed by atoms with Crippen LogP contribution >= 0.6 is 31.9 Å². The Labute approximate surface area is 136 Å². The van der Waals surface area contributed by atoms with Crippen LogP contribution in [0.2, 0.25) is 0 Å². The van der Waals surface area contributed by atoms with E-state index in [1.165, 1.54) is 11.1 Å². The number of rotatable bonds is 5. The zero-order valence-corrected chi connectivity index (χ0v) is 14.6. The van der Waals surface area contributed by atoms with E-state index < -0.39 is 0 Å². The van der Waals surface area contributed by atoms with Gasteiger partial charge < -0.3 is 9.47 Å². The summed E-state index contributed by atoms with van der Waals surface area (Å²) < 4.78 is 12.8. The second kappa shape index (κ2) is 7.14. The van der Waals surface area contributed by atoms with Crippen LogP contribution in [0.1, 0.15) is 11.1 Å². The van der Waals surface area contributed by atoms with Gasteiger partial charge in [0.25, 0.3) is 0 Å². The first-order valence-corrected chi connectivity index (χ1v) is 7.87. The molecule has 0 bridgehead atoms. The normalized spacial score (nSPS) is 10.4. The van der Waals surface area contributed by atoms with Crippen molar-refractivity contribution < 1.29 is 9.47 Å². The summed E-state index contributed by atoms with van der Waals surface area (Å²) in [6.07, 6.45) is 1.87. The maximum Gasteiger partial charge on any atom is 0.119 e. The molecule has 20 heavy (non-hydrogen) atoms. The molecule has 0 spiro atoms. The number of hydrogen-bond donors (Lipinski definition) is 0. The van der Waals surface area contributed by atoms with Crippen LogP contribution in [0.25, 0.3) is 0 Å². The zero-order valence-electron chi connectivity index (χ0n) is 11.5. The highest BCUT2D eigenvalue weighted by molar-refractivity contribution is 9.10. The smallest absolute Gasteiger partial charge is 0.119 e. The van der Waals surface area contributed by atoms with E-state index >= 15 is 0 Å². The van der Waals surface area contributed by atoms with Crippen molar-refractivity contribution in [3.8, 4) is 11.5 Å². The Morgan fingerprint density at radius 3 is 1.50 bits per heavy atom. The van der Waals surface area contributed by atoms with Gasteiger partial charge in [0, 0.05) is 8.95 Å². The zero-order chi connectivity index (χ0) is 14.5. The molecule has 0 aromatic heterocycles. The summed E-state index contributed by atoms with van der Waals surface area (Å²) in [6.45, 7) is 0. The molecule has 0 N–H and O–H groups in total. The van der Waals surface area contributed by atoms with Crippen molar-refractivity contribution >= 4 is 31.9 Å². The minimum atomic E-state index is 0.882. The number of ether oxygens (including phenoxy) is 2. The molecule has 0 aliphatic rings. The molecule has 0 aliphatic carbocycles. The summed E-state index contributed by atoms with van der Waals surface area (Å²) in [5.41, 5.74) is 2.47. The van der Waals surface area contributed by atoms with Gasteiger partial charge in [0.2, 0.25) is 0 Å². The Balaban J connectivity index is 2.16. The topological polar surface area (TPSA) is 18.5 Å². The second-order valence-electron chi connectivity index (χ2n) is 4.41. The first-order valence-electron chi connectivity index (χ1n) is 6.29. The first-order chi connectivity index (χ1) is 9.63. The fourth-order valence-electron chi connectivity index (χ4n) is 2.01. The van der Waals surface area contributed by atoms with Crippen molar-refractivity contribution in [2.75, 3.05) is 14.2 Å². The standard InChI is InChI=1S/C16H16Br2O2/c1-19-13-5-7-15(17)11(9-13)3-4-12-10-14(20-2)6-8-16(12)18/h5-10H,3-4H2,1-2H3. The van der Waals surface area contributed by atoms with Crippen molar-refractivity contribution in [1.29, 1.82) is 0 Å². The quantitative estimate of drug-likeness (QED) is 0.703. The lowest BCUT2D eigenvalue weighted by molar-refractivity contribution is 0.413. The maximum absolute atomic E-state index is 5.27. The summed E-state index contributed by atoms with van der Waals surface area (Å²) in [4.78, 5) is 0. The molecule has 106 valence electrons. The second-order valence-corrected chi connectivity index (χ2v) is 6.12. The Kier molecular flexibility index (Phi) is 5.49. The van der Waals surface area contributed by atoms with E-state index in [-0.39, 0.29) is 0 Å². The van der Waals surface area contributed by atoms with Gasteiger partial charge in [-0.05, 0) is 60.4 Å². The SMILES string of the molecule is COc1ccc(Br)c(CCc2cc(OC)ccc2Br)c1. The fourth-order valence-corrected chi connectivity index (χ4v) is 2.90. The lowest BCUT2D eigenvalue weighted by Gasteiger charge is -2.10. The van der Waals surface area contributed by atoms with Crippen LogP contribution in [0.4, 0.5) is 0 Å². The summed E-state index contributed by atoms with van der Waals surface area (Å²) in [5, 5.41) is 0. The largest absolute Gasteiger partial charge is 0.497 e. The summed E-state index contributed by atoms with van der Waals surface area (Å²) in [5.74, 6) is 1.76. The first kappa shape index (κ1) is 15.4. The molecule has 2 aromatic rings. The van der Waals surface area contributed by atoms with Crippen molar-refractivity contribution in [3.05, 3.63) is 56.5 Å². The number of aryl methyl sites for hydroxylation is 2. The van der Waals surface area contributed by atoms with Gasteiger partial charge in [-0.25, -0.2) is 0 Å². The summed E-state index contributed by atoms with van der Waals surface area (Å²) >= 11 is 7.18. The molecule has 0 saturated heterocycles. The number of hydrogen-bond acceptors (Lipinski definition) is 2. The van der Waals surface area contributed by atoms with Gasteiger partial charge in [0.05, 0.1) is 14.2 Å². The van der Waals surface area contributed by atoms with Crippen molar-refractivity contribution in [1.82, 2.24) is 0 Å². The Morgan fingerprint density at radius 1 is 0.750 bits per heavy atom. The molecule has 0 fully saturated rings. The van der Waals surface area contributed by atoms with Crippen molar-refractivity contribution in [3.63, 3.8) is 0 Å². The Hall–Kier alpha value is -1.00. The van der Waals surface area contributed by atoms with E-state index in [4.69, 9.17) is 9.47 Å². The monoisotopic (exact) mass is 398 g/mol. The molecule has 0 unspecified atom stereocenters. The van der Waals surface area contributed by atoms with Gasteiger partial charge in [-0.2, -0.15) is 0 Å². The average molecular weight is 400 g/mol. The third kappa shape index (κ3) is 3.76. The van der Waals surface area contributed by atoms with Crippen LogP contribution in [-0.4, -0.2) is 14.2 Å². The van der Waals surface area contributed by atoms with Gasteiger partial charge in [-0.3, -0.25) is 0 Å². The third-order valence-corrected chi connectivity index (χ3v) is 4.72. The predicted octanol–water partition coefficient (Wildman–Crippen LogP) is 5.01. The molecule has 0 aliphatic heterocycles. The van der Waals surface area contributed by atoms with Gasteiger partial charge in [0.1, 0.15) is 11.5 Å². The van der Waals surface area contributed by atoms with Crippen LogP contribution in [0.3, 0.4) is 0 Å². The molecular weight excluding hydrogens is 384 g/mol. The lowest BCUT2D eigenvalue weighted by Crippen LogP contribution is -1.96. The van der Waals surface area contributed by atoms with Crippen LogP contribution in [-0.2, 0) is 12.8 Å². The highest BCUT2D eigenvalue weighted by Gasteiger charge is 2.06. The Bertz CT molecular complexity index is 544. The molecule has 0 heterocycles. The molecule has 2 rings (SSSR count). The molecule has 0 atom stereocenters. The lowest BCUT2D eigenvalue weighted by atomic mass is 10.0. The molecule has 4 heteroatoms. The van der Waals surface area contributed by atoms with Gasteiger partial charge in [0.15, 0.2) is 0 Å². The highest BCUT2D eigenvalue weighted by Crippen LogP contribution is 2.27. The van der Waals surface area contributed by atoms with E-state index in [1.807, 2.05) is 24.3 Å². The highest BCUT2D eigenvalue weighted by atomic mass is 79.9. The number of methoxy groups -OCH3 is 2. The maximum atomic E-state index is 5.27. The molecule has 0 radical (unpaired) electrons. The average Bonchev–Trinajstić information content (AvgIpc) is 2.48. The predicted molar refractivity (Wildman–Crippen MR) is 88.8 cm³/mol. The third-order valence-electron chi connectivity index (χ3n) is 3.17. The molecular formula is C16H16Br2O2. The molecule has 2 nitrogen and oxygen atoms in total. The Morgan fingerprint density at radius 2 is 1.15 bits per heavy atom. The molecule has 0 amide bonds. The molecule has 0 saturated carbocycles.